The van der Waals surface area contributed by atoms with Gasteiger partial charge in [0, 0.05) is 24.5 Å². The topological polar surface area (TPSA) is 46.3 Å². The van der Waals surface area contributed by atoms with Crippen molar-refractivity contribution in [3.05, 3.63) is 0 Å². The van der Waals surface area contributed by atoms with Gasteiger partial charge in [-0.25, -0.2) is 0 Å². The molecule has 0 aromatic heterocycles. The number of amides is 1. The largest absolute Gasteiger partial charge is 0.339 e. The summed E-state index contributed by atoms with van der Waals surface area (Å²) in [5, 5.41) is 0. The summed E-state index contributed by atoms with van der Waals surface area (Å²) in [6.45, 7) is 1.03. The van der Waals surface area contributed by atoms with Crippen LogP contribution in [0.4, 0.5) is 0 Å². The molecule has 1 aliphatic heterocycles. The van der Waals surface area contributed by atoms with Gasteiger partial charge in [-0.1, -0.05) is 19.3 Å². The van der Waals surface area contributed by atoms with Gasteiger partial charge >= 0.3 is 0 Å². The van der Waals surface area contributed by atoms with Crippen molar-refractivity contribution >= 4 is 18.3 Å². The van der Waals surface area contributed by atoms with Crippen LogP contribution in [0.2, 0.25) is 0 Å². The molecule has 0 aromatic carbocycles. The van der Waals surface area contributed by atoms with Gasteiger partial charge in [-0.15, -0.1) is 12.4 Å². The maximum atomic E-state index is 13.2. The molecule has 0 radical (unpaired) electrons. The Morgan fingerprint density at radius 1 is 0.826 bits per heavy atom. The van der Waals surface area contributed by atoms with Gasteiger partial charge in [-0.3, -0.25) is 4.79 Å². The van der Waals surface area contributed by atoms with Crippen LogP contribution in [0.1, 0.15) is 70.6 Å². The molecule has 4 rings (SSSR count). The number of likely N-dealkylation sites (tertiary alicyclic amines) is 1. The zero-order chi connectivity index (χ0) is 15.1. The van der Waals surface area contributed by atoms with E-state index in [4.69, 9.17) is 5.73 Å². The normalized spacial score (nSPS) is 43.3. The van der Waals surface area contributed by atoms with Crippen LogP contribution in [-0.4, -0.2) is 29.4 Å². The average molecular weight is 341 g/mol. The molecule has 0 aromatic rings. The number of fused-ring (bicyclic) bond motifs is 3. The van der Waals surface area contributed by atoms with Gasteiger partial charge in [0.05, 0.1) is 0 Å². The third-order valence-corrected chi connectivity index (χ3v) is 7.29. The molecule has 1 heterocycles. The van der Waals surface area contributed by atoms with Crippen LogP contribution in [0.25, 0.3) is 0 Å². The van der Waals surface area contributed by atoms with Gasteiger partial charge in [0.1, 0.15) is 0 Å². The van der Waals surface area contributed by atoms with Crippen LogP contribution < -0.4 is 5.73 Å². The fourth-order valence-electron chi connectivity index (χ4n) is 6.12. The van der Waals surface area contributed by atoms with Crippen molar-refractivity contribution in [3.63, 3.8) is 0 Å². The van der Waals surface area contributed by atoms with Crippen LogP contribution in [-0.2, 0) is 4.79 Å². The van der Waals surface area contributed by atoms with Gasteiger partial charge in [-0.05, 0) is 69.1 Å². The zero-order valence-corrected chi connectivity index (χ0v) is 15.1. The van der Waals surface area contributed by atoms with Crippen molar-refractivity contribution in [2.75, 3.05) is 6.54 Å². The lowest BCUT2D eigenvalue weighted by Gasteiger charge is -2.48. The lowest BCUT2D eigenvalue weighted by atomic mass is 9.64. The molecule has 4 unspecified atom stereocenters. The Bertz CT molecular complexity index is 414. The van der Waals surface area contributed by atoms with E-state index in [1.165, 1.54) is 57.8 Å². The first-order chi connectivity index (χ1) is 10.7. The summed E-state index contributed by atoms with van der Waals surface area (Å²) in [4.78, 5) is 15.6. The first-order valence-corrected chi connectivity index (χ1v) is 9.80. The maximum Gasteiger partial charge on any atom is 0.225 e. The second-order valence-corrected chi connectivity index (χ2v) is 8.48. The Hall–Kier alpha value is -0.280. The molecule has 1 saturated heterocycles. The average Bonchev–Trinajstić information content (AvgIpc) is 2.53. The fraction of sp³-hybridized carbons (Fsp3) is 0.947. The molecular weight excluding hydrogens is 308 g/mol. The molecule has 4 atom stereocenters. The number of carbonyl (C=O) groups excluding carboxylic acids is 1. The second-order valence-electron chi connectivity index (χ2n) is 8.48. The van der Waals surface area contributed by atoms with Crippen LogP contribution in [0.3, 0.4) is 0 Å². The molecule has 3 saturated carbocycles. The maximum absolute atomic E-state index is 13.2. The quantitative estimate of drug-likeness (QED) is 0.790. The minimum absolute atomic E-state index is 0. The highest BCUT2D eigenvalue weighted by molar-refractivity contribution is 5.85. The highest BCUT2D eigenvalue weighted by Crippen LogP contribution is 2.44. The van der Waals surface area contributed by atoms with E-state index in [0.717, 1.165) is 25.3 Å². The van der Waals surface area contributed by atoms with Crippen LogP contribution in [0.5, 0.6) is 0 Å². The number of rotatable bonds is 1. The molecule has 3 aliphatic carbocycles. The molecule has 2 bridgehead atoms. The molecule has 2 N–H and O–H groups in total. The summed E-state index contributed by atoms with van der Waals surface area (Å²) in [7, 11) is 0. The fourth-order valence-corrected chi connectivity index (χ4v) is 6.12. The monoisotopic (exact) mass is 340 g/mol. The minimum Gasteiger partial charge on any atom is -0.339 e. The van der Waals surface area contributed by atoms with Crippen LogP contribution in [0.15, 0.2) is 0 Å². The van der Waals surface area contributed by atoms with Gasteiger partial charge in [-0.2, -0.15) is 0 Å². The van der Waals surface area contributed by atoms with Gasteiger partial charge in [0.15, 0.2) is 0 Å². The van der Waals surface area contributed by atoms with E-state index in [-0.39, 0.29) is 18.3 Å². The van der Waals surface area contributed by atoms with E-state index >= 15 is 0 Å². The van der Waals surface area contributed by atoms with Crippen LogP contribution >= 0.6 is 12.4 Å². The van der Waals surface area contributed by atoms with E-state index in [9.17, 15) is 4.79 Å². The third-order valence-electron chi connectivity index (χ3n) is 7.29. The first kappa shape index (κ1) is 17.5. The summed E-state index contributed by atoms with van der Waals surface area (Å²) >= 11 is 0. The van der Waals surface area contributed by atoms with Crippen LogP contribution in [0, 0.1) is 23.7 Å². The molecule has 4 heteroatoms. The van der Waals surface area contributed by atoms with Crippen molar-refractivity contribution in [1.82, 2.24) is 4.90 Å². The van der Waals surface area contributed by atoms with Crippen molar-refractivity contribution < 1.29 is 4.79 Å². The number of hydrogen-bond donors (Lipinski definition) is 1. The molecule has 4 fully saturated rings. The molecule has 1 amide bonds. The summed E-state index contributed by atoms with van der Waals surface area (Å²) in [6, 6.07) is 0.951. The second kappa shape index (κ2) is 7.31. The van der Waals surface area contributed by atoms with E-state index in [2.05, 4.69) is 4.90 Å². The summed E-state index contributed by atoms with van der Waals surface area (Å²) in [6.07, 6.45) is 13.9. The van der Waals surface area contributed by atoms with E-state index in [1.807, 2.05) is 0 Å². The van der Waals surface area contributed by atoms with Gasteiger partial charge in [0.2, 0.25) is 5.91 Å². The standard InChI is InChI=1S/C19H32N2O.ClH/c20-18-14-6-3-7-15(18)12-16(11-14)19(22)21-10-4-8-13-5-1-2-9-17(13)21;/h13-18H,1-12,20H2;1H. The summed E-state index contributed by atoms with van der Waals surface area (Å²) < 4.78 is 0. The van der Waals surface area contributed by atoms with E-state index < -0.39 is 0 Å². The van der Waals surface area contributed by atoms with Crippen molar-refractivity contribution in [1.29, 1.82) is 0 Å². The Labute approximate surface area is 147 Å². The smallest absolute Gasteiger partial charge is 0.225 e. The highest BCUT2D eigenvalue weighted by Gasteiger charge is 2.44. The van der Waals surface area contributed by atoms with Gasteiger partial charge in [0.25, 0.3) is 0 Å². The molecule has 132 valence electrons. The Balaban J connectivity index is 0.00000156. The summed E-state index contributed by atoms with van der Waals surface area (Å²) in [5.41, 5.74) is 6.41. The number of carbonyl (C=O) groups is 1. The summed E-state index contributed by atoms with van der Waals surface area (Å²) in [5.74, 6) is 2.83. The third kappa shape index (κ3) is 3.28. The van der Waals surface area contributed by atoms with Gasteiger partial charge < -0.3 is 10.6 Å². The number of nitrogens with two attached hydrogens (primary N) is 1. The molecule has 0 spiro atoms. The SMILES string of the molecule is Cl.NC1C2CCCC1CC(C(=O)N1CCCC3CCCCC31)C2. The minimum atomic E-state index is 0. The molecular formula is C19H33ClN2O. The molecule has 23 heavy (non-hydrogen) atoms. The highest BCUT2D eigenvalue weighted by atomic mass is 35.5. The number of halogens is 1. The van der Waals surface area contributed by atoms with E-state index in [0.29, 0.717) is 29.8 Å². The number of piperidine rings is 1. The van der Waals surface area contributed by atoms with Crippen molar-refractivity contribution in [2.24, 2.45) is 29.4 Å². The Morgan fingerprint density at radius 3 is 2.17 bits per heavy atom. The number of hydrogen-bond acceptors (Lipinski definition) is 2. The van der Waals surface area contributed by atoms with E-state index in [1.54, 1.807) is 0 Å². The van der Waals surface area contributed by atoms with Crippen molar-refractivity contribution in [2.45, 2.75) is 82.7 Å². The molecule has 4 aliphatic rings. The predicted molar refractivity (Wildman–Crippen MR) is 95.5 cm³/mol. The number of nitrogens with zero attached hydrogens (tertiary/aromatic N) is 1. The Kier molecular flexibility index (Phi) is 5.57. The Morgan fingerprint density at radius 2 is 1.43 bits per heavy atom. The zero-order valence-electron chi connectivity index (χ0n) is 14.3. The van der Waals surface area contributed by atoms with Crippen molar-refractivity contribution in [3.8, 4) is 0 Å². The lowest BCUT2D eigenvalue weighted by Crippen LogP contribution is -2.54. The molecule has 3 nitrogen and oxygen atoms in total. The first-order valence-electron chi connectivity index (χ1n) is 9.80. The lowest BCUT2D eigenvalue weighted by molar-refractivity contribution is -0.145. The predicted octanol–water partition coefficient (Wildman–Crippen LogP) is 3.74.